The average molecular weight is 608 g/mol. The summed E-state index contributed by atoms with van der Waals surface area (Å²) in [6.07, 6.45) is 2.26. The number of carbonyl (C=O) groups excluding carboxylic acids is 6. The highest BCUT2D eigenvalue weighted by molar-refractivity contribution is 8.00. The number of likely N-dealkylation sites (tertiary alicyclic amines) is 1. The van der Waals surface area contributed by atoms with Crippen LogP contribution in [0.2, 0.25) is 0 Å². The molecule has 1 saturated heterocycles. The standard InChI is InChI=1S/C14H27N3O6.C11H18N2O3S.CH4/c1-4-16-13(19)22-9-11(10-23-14(20)17-5-2)21-8-6-7-12(18)15-3;1-3-5-12-9(14)4-6-13-10(15)7-8(17-2)11(13)16;/h11H,4-10H2,1-3H3,(H,15,18)(H,16,19)(H,17,20);8H,3-7H2,1-2H3,(H,12,14);1H4. The van der Waals surface area contributed by atoms with Gasteiger partial charge in [-0.25, -0.2) is 9.59 Å². The highest BCUT2D eigenvalue weighted by Crippen LogP contribution is 2.22. The van der Waals surface area contributed by atoms with Crippen LogP contribution in [-0.2, 0) is 33.4 Å². The van der Waals surface area contributed by atoms with Crippen molar-refractivity contribution in [1.82, 2.24) is 26.2 Å². The average Bonchev–Trinajstić information content (AvgIpc) is 3.21. The van der Waals surface area contributed by atoms with Gasteiger partial charge in [0, 0.05) is 59.1 Å². The molecule has 0 radical (unpaired) electrons. The first kappa shape index (κ1) is 40.1. The van der Waals surface area contributed by atoms with Crippen LogP contribution in [0, 0.1) is 0 Å². The summed E-state index contributed by atoms with van der Waals surface area (Å²) in [6, 6.07) is 0. The van der Waals surface area contributed by atoms with E-state index < -0.39 is 18.3 Å². The molecule has 0 aromatic carbocycles. The van der Waals surface area contributed by atoms with Crippen LogP contribution in [0.5, 0.6) is 0 Å². The van der Waals surface area contributed by atoms with E-state index in [2.05, 4.69) is 21.3 Å². The summed E-state index contributed by atoms with van der Waals surface area (Å²) >= 11 is 1.38. The molecule has 1 fully saturated rings. The third-order valence-corrected chi connectivity index (χ3v) is 6.18. The van der Waals surface area contributed by atoms with Gasteiger partial charge in [0.1, 0.15) is 19.3 Å². The minimum Gasteiger partial charge on any atom is -0.447 e. The Labute approximate surface area is 247 Å². The van der Waals surface area contributed by atoms with Crippen LogP contribution in [0.4, 0.5) is 9.59 Å². The lowest BCUT2D eigenvalue weighted by Crippen LogP contribution is -2.35. The van der Waals surface area contributed by atoms with Crippen molar-refractivity contribution in [3.63, 3.8) is 0 Å². The Morgan fingerprint density at radius 3 is 2.00 bits per heavy atom. The Kier molecular flexibility index (Phi) is 24.1. The lowest BCUT2D eigenvalue weighted by atomic mass is 10.3. The van der Waals surface area contributed by atoms with Crippen LogP contribution in [-0.4, -0.2) is 111 Å². The molecule has 41 heavy (non-hydrogen) atoms. The largest absolute Gasteiger partial charge is 0.447 e. The zero-order valence-corrected chi connectivity index (χ0v) is 25.0. The predicted octanol–water partition coefficient (Wildman–Crippen LogP) is 1.42. The minimum absolute atomic E-state index is 0. The zero-order chi connectivity index (χ0) is 30.3. The number of alkyl carbamates (subject to hydrolysis) is 2. The predicted molar refractivity (Wildman–Crippen MR) is 156 cm³/mol. The van der Waals surface area contributed by atoms with Crippen molar-refractivity contribution >= 4 is 47.6 Å². The van der Waals surface area contributed by atoms with Gasteiger partial charge in [0.05, 0.1) is 5.25 Å². The number of imide groups is 1. The van der Waals surface area contributed by atoms with Crippen LogP contribution in [0.25, 0.3) is 0 Å². The SMILES string of the molecule is C.CCCNC(=O)CCN1C(=O)CC(SC)C1=O.CCNC(=O)OCC(COC(=O)NCC)OCCCC(=O)NC. The smallest absolute Gasteiger partial charge is 0.407 e. The van der Waals surface area contributed by atoms with Crippen molar-refractivity contribution in [3.05, 3.63) is 0 Å². The van der Waals surface area contributed by atoms with Gasteiger partial charge in [0.25, 0.3) is 0 Å². The van der Waals surface area contributed by atoms with E-state index in [0.717, 1.165) is 6.42 Å². The van der Waals surface area contributed by atoms with Crippen LogP contribution < -0.4 is 21.3 Å². The third kappa shape index (κ3) is 18.8. The number of amides is 6. The van der Waals surface area contributed by atoms with E-state index in [1.165, 1.54) is 16.7 Å². The zero-order valence-electron chi connectivity index (χ0n) is 24.2. The molecular weight excluding hydrogens is 558 g/mol. The monoisotopic (exact) mass is 607 g/mol. The van der Waals surface area contributed by atoms with Crippen molar-refractivity contribution < 1.29 is 43.0 Å². The Hall–Kier alpha value is -3.07. The number of carbonyl (C=O) groups is 6. The van der Waals surface area contributed by atoms with E-state index in [4.69, 9.17) is 14.2 Å². The first-order valence-electron chi connectivity index (χ1n) is 13.4. The van der Waals surface area contributed by atoms with Crippen molar-refractivity contribution in [2.75, 3.05) is 59.3 Å². The highest BCUT2D eigenvalue weighted by Gasteiger charge is 2.37. The molecule has 238 valence electrons. The maximum Gasteiger partial charge on any atom is 0.407 e. The second kappa shape index (κ2) is 24.7. The third-order valence-electron chi connectivity index (χ3n) is 5.25. The number of nitrogens with zero attached hydrogens (tertiary/aromatic N) is 1. The summed E-state index contributed by atoms with van der Waals surface area (Å²) in [5, 5.41) is 9.94. The second-order valence-corrected chi connectivity index (χ2v) is 9.48. The molecule has 0 aliphatic carbocycles. The lowest BCUT2D eigenvalue weighted by molar-refractivity contribution is -0.138. The molecule has 0 aromatic heterocycles. The topological polar surface area (TPSA) is 181 Å². The number of hydrogen-bond donors (Lipinski definition) is 4. The summed E-state index contributed by atoms with van der Waals surface area (Å²) in [7, 11) is 1.56. The fraction of sp³-hybridized carbons (Fsp3) is 0.769. The Bertz CT molecular complexity index is 794. The minimum atomic E-state index is -0.593. The molecule has 6 amide bonds. The Morgan fingerprint density at radius 1 is 0.951 bits per heavy atom. The maximum atomic E-state index is 11.7. The van der Waals surface area contributed by atoms with Crippen molar-refractivity contribution in [2.45, 2.75) is 71.7 Å². The van der Waals surface area contributed by atoms with Crippen LogP contribution >= 0.6 is 11.8 Å². The molecule has 4 N–H and O–H groups in total. The molecule has 1 unspecified atom stereocenters. The molecule has 1 aliphatic heterocycles. The van der Waals surface area contributed by atoms with Crippen LogP contribution in [0.15, 0.2) is 0 Å². The molecule has 0 saturated carbocycles. The molecule has 14 nitrogen and oxygen atoms in total. The van der Waals surface area contributed by atoms with E-state index in [1.54, 1.807) is 20.9 Å². The van der Waals surface area contributed by atoms with E-state index in [1.807, 2.05) is 13.2 Å². The van der Waals surface area contributed by atoms with Gasteiger partial charge in [-0.05, 0) is 32.9 Å². The molecular formula is C26H49N5O9S. The van der Waals surface area contributed by atoms with E-state index in [-0.39, 0.29) is 75.5 Å². The molecule has 1 atom stereocenters. The summed E-state index contributed by atoms with van der Waals surface area (Å²) < 4.78 is 15.4. The summed E-state index contributed by atoms with van der Waals surface area (Å²) in [5.74, 6) is -0.522. The first-order valence-corrected chi connectivity index (χ1v) is 14.7. The number of ether oxygens (including phenoxy) is 3. The number of thioether (sulfide) groups is 1. The number of nitrogens with one attached hydrogen (secondary N) is 4. The number of hydrogen-bond acceptors (Lipinski definition) is 10. The second-order valence-electron chi connectivity index (χ2n) is 8.44. The van der Waals surface area contributed by atoms with E-state index in [9.17, 15) is 28.8 Å². The fourth-order valence-corrected chi connectivity index (χ4v) is 3.76. The van der Waals surface area contributed by atoms with Crippen LogP contribution in [0.3, 0.4) is 0 Å². The fourth-order valence-electron chi connectivity index (χ4n) is 3.12. The summed E-state index contributed by atoms with van der Waals surface area (Å²) in [4.78, 5) is 69.5. The molecule has 1 heterocycles. The van der Waals surface area contributed by atoms with Crippen molar-refractivity contribution in [1.29, 1.82) is 0 Å². The van der Waals surface area contributed by atoms with Gasteiger partial charge in [-0.15, -0.1) is 0 Å². The quantitative estimate of drug-likeness (QED) is 0.139. The first-order chi connectivity index (χ1) is 19.1. The number of rotatable bonds is 17. The molecule has 0 bridgehead atoms. The van der Waals surface area contributed by atoms with E-state index in [0.29, 0.717) is 32.5 Å². The Morgan fingerprint density at radius 2 is 1.54 bits per heavy atom. The van der Waals surface area contributed by atoms with Gasteiger partial charge < -0.3 is 35.5 Å². The maximum absolute atomic E-state index is 11.7. The highest BCUT2D eigenvalue weighted by atomic mass is 32.2. The molecule has 0 spiro atoms. The Balaban J connectivity index is 0. The van der Waals surface area contributed by atoms with Gasteiger partial charge in [0.2, 0.25) is 23.6 Å². The van der Waals surface area contributed by atoms with Gasteiger partial charge in [-0.3, -0.25) is 24.1 Å². The molecule has 0 aromatic rings. The van der Waals surface area contributed by atoms with Gasteiger partial charge in [-0.1, -0.05) is 14.4 Å². The molecule has 1 aliphatic rings. The normalized spacial score (nSPS) is 13.9. The lowest BCUT2D eigenvalue weighted by Gasteiger charge is -2.18. The van der Waals surface area contributed by atoms with Gasteiger partial charge in [-0.2, -0.15) is 11.8 Å². The van der Waals surface area contributed by atoms with Gasteiger partial charge in [0.15, 0.2) is 0 Å². The molecule has 1 rings (SSSR count). The van der Waals surface area contributed by atoms with Gasteiger partial charge >= 0.3 is 12.2 Å². The van der Waals surface area contributed by atoms with Crippen LogP contribution in [0.1, 0.15) is 60.3 Å². The van der Waals surface area contributed by atoms with Crippen molar-refractivity contribution in [2.24, 2.45) is 0 Å². The summed E-state index contributed by atoms with van der Waals surface area (Å²) in [6.45, 7) is 7.43. The van der Waals surface area contributed by atoms with Crippen molar-refractivity contribution in [3.8, 4) is 0 Å². The van der Waals surface area contributed by atoms with E-state index >= 15 is 0 Å². The summed E-state index contributed by atoms with van der Waals surface area (Å²) in [5.41, 5.74) is 0. The molecule has 15 heteroatoms.